The molecule has 0 amide bonds. The van der Waals surface area contributed by atoms with Gasteiger partial charge in [0, 0.05) is 22.2 Å². The van der Waals surface area contributed by atoms with E-state index < -0.39 is 6.10 Å². The van der Waals surface area contributed by atoms with Crippen molar-refractivity contribution in [3.63, 3.8) is 0 Å². The van der Waals surface area contributed by atoms with Crippen LogP contribution in [0.1, 0.15) is 22.8 Å². The predicted molar refractivity (Wildman–Crippen MR) is 83.6 cm³/mol. The Morgan fingerprint density at radius 1 is 1.20 bits per heavy atom. The highest BCUT2D eigenvalue weighted by atomic mass is 35.5. The molecular formula is C16H15Cl2NO. The second-order valence-corrected chi connectivity index (χ2v) is 5.88. The van der Waals surface area contributed by atoms with Crippen molar-refractivity contribution in [1.82, 2.24) is 5.32 Å². The zero-order valence-electron chi connectivity index (χ0n) is 11.1. The van der Waals surface area contributed by atoms with E-state index in [1.165, 1.54) is 11.1 Å². The van der Waals surface area contributed by atoms with Crippen LogP contribution in [0.4, 0.5) is 0 Å². The third kappa shape index (κ3) is 2.23. The van der Waals surface area contributed by atoms with Crippen LogP contribution < -0.4 is 5.32 Å². The highest BCUT2D eigenvalue weighted by molar-refractivity contribution is 6.32. The van der Waals surface area contributed by atoms with Crippen LogP contribution in [0.15, 0.2) is 30.3 Å². The van der Waals surface area contributed by atoms with E-state index in [-0.39, 0.29) is 0 Å². The van der Waals surface area contributed by atoms with Gasteiger partial charge in [0.2, 0.25) is 0 Å². The standard InChI is InChI=1S/C16H15Cl2NO/c1-19-8-15(20)16-13-7-9-6-10(17)2-3-11(9)12(13)4-5-14(16)18/h2-6,15,19-20H,7-8H2,1H3. The van der Waals surface area contributed by atoms with Gasteiger partial charge in [-0.05, 0) is 53.9 Å². The molecule has 0 spiro atoms. The lowest BCUT2D eigenvalue weighted by molar-refractivity contribution is 0.177. The Kier molecular flexibility index (Phi) is 3.74. The van der Waals surface area contributed by atoms with E-state index in [0.29, 0.717) is 11.6 Å². The molecule has 0 saturated heterocycles. The summed E-state index contributed by atoms with van der Waals surface area (Å²) in [6, 6.07) is 9.80. The lowest BCUT2D eigenvalue weighted by Crippen LogP contribution is -2.18. The van der Waals surface area contributed by atoms with E-state index in [0.717, 1.165) is 28.1 Å². The molecule has 1 aliphatic rings. The molecule has 0 fully saturated rings. The number of fused-ring (bicyclic) bond motifs is 3. The van der Waals surface area contributed by atoms with Gasteiger partial charge in [-0.2, -0.15) is 0 Å². The molecule has 20 heavy (non-hydrogen) atoms. The summed E-state index contributed by atoms with van der Waals surface area (Å²) >= 11 is 12.4. The van der Waals surface area contributed by atoms with Crippen LogP contribution >= 0.6 is 23.2 Å². The smallest absolute Gasteiger partial charge is 0.0931 e. The summed E-state index contributed by atoms with van der Waals surface area (Å²) in [4.78, 5) is 0. The van der Waals surface area contributed by atoms with E-state index in [1.54, 1.807) is 0 Å². The fourth-order valence-corrected chi connectivity index (χ4v) is 3.39. The van der Waals surface area contributed by atoms with E-state index in [2.05, 4.69) is 5.32 Å². The van der Waals surface area contributed by atoms with Gasteiger partial charge in [0.25, 0.3) is 0 Å². The zero-order valence-corrected chi connectivity index (χ0v) is 12.6. The van der Waals surface area contributed by atoms with Gasteiger partial charge in [-0.25, -0.2) is 0 Å². The van der Waals surface area contributed by atoms with Gasteiger partial charge in [-0.3, -0.25) is 0 Å². The molecule has 4 heteroatoms. The third-order valence-electron chi connectivity index (χ3n) is 3.76. The van der Waals surface area contributed by atoms with Crippen LogP contribution in [-0.2, 0) is 6.42 Å². The van der Waals surface area contributed by atoms with Crippen molar-refractivity contribution in [1.29, 1.82) is 0 Å². The van der Waals surface area contributed by atoms with Crippen LogP contribution in [-0.4, -0.2) is 18.7 Å². The average molecular weight is 308 g/mol. The number of benzene rings is 2. The van der Waals surface area contributed by atoms with E-state index in [9.17, 15) is 5.11 Å². The molecule has 0 radical (unpaired) electrons. The highest BCUT2D eigenvalue weighted by Gasteiger charge is 2.25. The maximum absolute atomic E-state index is 10.3. The lowest BCUT2D eigenvalue weighted by atomic mass is 9.97. The van der Waals surface area contributed by atoms with Gasteiger partial charge in [-0.1, -0.05) is 35.3 Å². The van der Waals surface area contributed by atoms with Gasteiger partial charge < -0.3 is 10.4 Å². The summed E-state index contributed by atoms with van der Waals surface area (Å²) in [6.45, 7) is 0.479. The lowest BCUT2D eigenvalue weighted by Gasteiger charge is -2.16. The molecule has 1 atom stereocenters. The van der Waals surface area contributed by atoms with Crippen molar-refractivity contribution in [2.75, 3.05) is 13.6 Å². The predicted octanol–water partition coefficient (Wildman–Crippen LogP) is 3.82. The first-order valence-electron chi connectivity index (χ1n) is 6.54. The van der Waals surface area contributed by atoms with Gasteiger partial charge in [-0.15, -0.1) is 0 Å². The van der Waals surface area contributed by atoms with Crippen LogP contribution in [0.5, 0.6) is 0 Å². The fraction of sp³-hybridized carbons (Fsp3) is 0.250. The first kappa shape index (κ1) is 13.9. The molecule has 2 aromatic carbocycles. The van der Waals surface area contributed by atoms with Crippen LogP contribution in [0.2, 0.25) is 10.0 Å². The summed E-state index contributed by atoms with van der Waals surface area (Å²) in [5.41, 5.74) is 5.45. The molecule has 3 rings (SSSR count). The molecule has 0 heterocycles. The van der Waals surface area contributed by atoms with Crippen LogP contribution in [0.25, 0.3) is 11.1 Å². The second-order valence-electron chi connectivity index (χ2n) is 5.04. The number of likely N-dealkylation sites (N-methyl/N-ethyl adjacent to an activating group) is 1. The second kappa shape index (κ2) is 5.38. The molecule has 2 aromatic rings. The molecule has 1 aliphatic carbocycles. The van der Waals surface area contributed by atoms with Crippen molar-refractivity contribution in [2.45, 2.75) is 12.5 Å². The Morgan fingerprint density at radius 2 is 1.95 bits per heavy atom. The van der Waals surface area contributed by atoms with Crippen molar-refractivity contribution in [2.24, 2.45) is 0 Å². The first-order chi connectivity index (χ1) is 9.61. The quantitative estimate of drug-likeness (QED) is 0.771. The number of hydrogen-bond donors (Lipinski definition) is 2. The third-order valence-corrected chi connectivity index (χ3v) is 4.32. The van der Waals surface area contributed by atoms with Gasteiger partial charge >= 0.3 is 0 Å². The minimum Gasteiger partial charge on any atom is -0.387 e. The number of aliphatic hydroxyl groups excluding tert-OH is 1. The molecule has 0 bridgehead atoms. The summed E-state index contributed by atoms with van der Waals surface area (Å²) < 4.78 is 0. The molecule has 104 valence electrons. The number of nitrogens with one attached hydrogen (secondary N) is 1. The highest BCUT2D eigenvalue weighted by Crippen LogP contribution is 2.43. The minimum absolute atomic E-state index is 0.479. The summed E-state index contributed by atoms with van der Waals surface area (Å²) in [5, 5.41) is 14.7. The van der Waals surface area contributed by atoms with Crippen LogP contribution in [0, 0.1) is 0 Å². The molecule has 1 unspecified atom stereocenters. The number of aliphatic hydroxyl groups is 1. The molecule has 0 aromatic heterocycles. The minimum atomic E-state index is -0.604. The summed E-state index contributed by atoms with van der Waals surface area (Å²) in [5.74, 6) is 0. The monoisotopic (exact) mass is 307 g/mol. The molecule has 0 aliphatic heterocycles. The van der Waals surface area contributed by atoms with Crippen LogP contribution in [0.3, 0.4) is 0 Å². The fourth-order valence-electron chi connectivity index (χ4n) is 2.90. The average Bonchev–Trinajstić information content (AvgIpc) is 2.75. The van der Waals surface area contributed by atoms with Crippen molar-refractivity contribution in [3.8, 4) is 11.1 Å². The summed E-state index contributed by atoms with van der Waals surface area (Å²) in [6.07, 6.45) is 0.161. The van der Waals surface area contributed by atoms with E-state index >= 15 is 0 Å². The van der Waals surface area contributed by atoms with Gasteiger partial charge in [0.1, 0.15) is 0 Å². The Hall–Kier alpha value is -1.06. The normalized spacial score (nSPS) is 14.0. The maximum Gasteiger partial charge on any atom is 0.0931 e. The number of hydrogen-bond acceptors (Lipinski definition) is 2. The van der Waals surface area contributed by atoms with Gasteiger partial charge in [0.05, 0.1) is 6.10 Å². The largest absolute Gasteiger partial charge is 0.387 e. The van der Waals surface area contributed by atoms with Crippen molar-refractivity contribution < 1.29 is 5.11 Å². The Morgan fingerprint density at radius 3 is 2.70 bits per heavy atom. The first-order valence-corrected chi connectivity index (χ1v) is 7.30. The Bertz CT molecular complexity index is 670. The summed E-state index contributed by atoms with van der Waals surface area (Å²) in [7, 11) is 1.81. The van der Waals surface area contributed by atoms with Crippen molar-refractivity contribution >= 4 is 23.2 Å². The van der Waals surface area contributed by atoms with E-state index in [4.69, 9.17) is 23.2 Å². The Balaban J connectivity index is 2.14. The van der Waals surface area contributed by atoms with Gasteiger partial charge in [0.15, 0.2) is 0 Å². The number of halogens is 2. The molecular weight excluding hydrogens is 293 g/mol. The molecule has 2 nitrogen and oxygen atoms in total. The maximum atomic E-state index is 10.3. The zero-order chi connectivity index (χ0) is 14.3. The molecule has 0 saturated carbocycles. The topological polar surface area (TPSA) is 32.3 Å². The Labute approximate surface area is 128 Å². The van der Waals surface area contributed by atoms with E-state index in [1.807, 2.05) is 37.4 Å². The molecule has 2 N–H and O–H groups in total. The SMILES string of the molecule is CNCC(O)c1c(Cl)ccc2c1Cc1cc(Cl)ccc1-2. The van der Waals surface area contributed by atoms with Crippen molar-refractivity contribution in [3.05, 3.63) is 57.1 Å². The number of rotatable bonds is 3.